The molecule has 33 heavy (non-hydrogen) atoms. The van der Waals surface area contributed by atoms with E-state index in [0.29, 0.717) is 23.6 Å². The molecule has 0 spiro atoms. The van der Waals surface area contributed by atoms with E-state index in [2.05, 4.69) is 45.4 Å². The Labute approximate surface area is 191 Å². The number of nitrogens with zero attached hydrogens (tertiary/aromatic N) is 4. The number of hydrogen-bond acceptors (Lipinski definition) is 9. The second-order valence-electron chi connectivity index (χ2n) is 8.80. The topological polar surface area (TPSA) is 135 Å². The van der Waals surface area contributed by atoms with Crippen molar-refractivity contribution in [2.45, 2.75) is 69.5 Å². The molecule has 1 aliphatic carbocycles. The third kappa shape index (κ3) is 4.32. The number of hydrogen-bond donors (Lipinski definition) is 4. The van der Waals surface area contributed by atoms with Crippen molar-refractivity contribution in [3.8, 4) is 0 Å². The number of anilines is 1. The normalized spacial score (nSPS) is 29.7. The van der Waals surface area contributed by atoms with Crippen molar-refractivity contribution in [2.75, 3.05) is 11.9 Å². The molecule has 2 fully saturated rings. The number of imidazole rings is 1. The van der Waals surface area contributed by atoms with E-state index in [1.807, 2.05) is 6.07 Å². The SMILES string of the molecule is Cc1cccc(CO[C@@H]2CCCC2Nc2ncnc3c2ncn3[C@@H]2O[C@H](CO)[C@@H](O)[C@H]2O)c1. The molecule has 1 saturated heterocycles. The van der Waals surface area contributed by atoms with E-state index in [1.54, 1.807) is 4.57 Å². The van der Waals surface area contributed by atoms with Crippen molar-refractivity contribution < 1.29 is 24.8 Å². The highest BCUT2D eigenvalue weighted by Gasteiger charge is 2.44. The van der Waals surface area contributed by atoms with Crippen molar-refractivity contribution in [1.82, 2.24) is 19.5 Å². The molecule has 10 nitrogen and oxygen atoms in total. The summed E-state index contributed by atoms with van der Waals surface area (Å²) >= 11 is 0. The van der Waals surface area contributed by atoms with Crippen LogP contribution in [0.4, 0.5) is 5.82 Å². The van der Waals surface area contributed by atoms with E-state index >= 15 is 0 Å². The third-order valence-corrected chi connectivity index (χ3v) is 6.47. The Morgan fingerprint density at radius 2 is 2.06 bits per heavy atom. The molecule has 2 aliphatic rings. The van der Waals surface area contributed by atoms with Gasteiger partial charge < -0.3 is 30.1 Å². The van der Waals surface area contributed by atoms with Crippen LogP contribution in [-0.2, 0) is 16.1 Å². The van der Waals surface area contributed by atoms with Crippen LogP contribution in [0.5, 0.6) is 0 Å². The maximum absolute atomic E-state index is 10.4. The first kappa shape index (κ1) is 22.2. The van der Waals surface area contributed by atoms with Gasteiger partial charge in [0.2, 0.25) is 0 Å². The average Bonchev–Trinajstić information content (AvgIpc) is 3.51. The zero-order valence-corrected chi connectivity index (χ0v) is 18.4. The molecular formula is C23H29N5O5. The van der Waals surface area contributed by atoms with Crippen molar-refractivity contribution in [3.63, 3.8) is 0 Å². The minimum atomic E-state index is -1.21. The Balaban J connectivity index is 1.32. The Hall–Kier alpha value is -2.63. The van der Waals surface area contributed by atoms with Crippen molar-refractivity contribution in [1.29, 1.82) is 0 Å². The number of aryl methyl sites for hydroxylation is 1. The maximum atomic E-state index is 10.4. The van der Waals surface area contributed by atoms with E-state index in [1.165, 1.54) is 18.2 Å². The van der Waals surface area contributed by atoms with Gasteiger partial charge in [-0.25, -0.2) is 15.0 Å². The summed E-state index contributed by atoms with van der Waals surface area (Å²) in [4.78, 5) is 13.2. The standard InChI is InChI=1S/C23H29N5O5/c1-13-4-2-5-14(8-13)10-32-16-7-3-6-15(16)27-21-18-22(25-11-24-21)28(12-26-18)23-20(31)19(30)17(9-29)33-23/h2,4-5,8,11-12,15-17,19-20,23,29-31H,3,6-7,9-10H2,1H3,(H,24,25,27)/t15?,16-,17-,19-,20-,23-/m1/s1. The monoisotopic (exact) mass is 455 g/mol. The third-order valence-electron chi connectivity index (χ3n) is 6.47. The fraction of sp³-hybridized carbons (Fsp3) is 0.522. The van der Waals surface area contributed by atoms with Crippen LogP contribution in [0.1, 0.15) is 36.6 Å². The van der Waals surface area contributed by atoms with Crippen LogP contribution in [0.25, 0.3) is 11.2 Å². The number of rotatable bonds is 7. The van der Waals surface area contributed by atoms with E-state index in [4.69, 9.17) is 9.47 Å². The summed E-state index contributed by atoms with van der Waals surface area (Å²) in [6.45, 7) is 2.24. The summed E-state index contributed by atoms with van der Waals surface area (Å²) in [5.74, 6) is 0.585. The van der Waals surface area contributed by atoms with Gasteiger partial charge >= 0.3 is 0 Å². The number of nitrogens with one attached hydrogen (secondary N) is 1. The fourth-order valence-electron chi connectivity index (χ4n) is 4.73. The molecule has 0 radical (unpaired) electrons. The molecule has 0 bridgehead atoms. The fourth-order valence-corrected chi connectivity index (χ4v) is 4.73. The largest absolute Gasteiger partial charge is 0.394 e. The lowest BCUT2D eigenvalue weighted by molar-refractivity contribution is -0.0511. The first-order valence-corrected chi connectivity index (χ1v) is 11.3. The van der Waals surface area contributed by atoms with E-state index < -0.39 is 31.1 Å². The molecule has 10 heteroatoms. The van der Waals surface area contributed by atoms with Gasteiger partial charge in [0.15, 0.2) is 23.2 Å². The van der Waals surface area contributed by atoms with Crippen LogP contribution in [0.2, 0.25) is 0 Å². The van der Waals surface area contributed by atoms with E-state index in [9.17, 15) is 15.3 Å². The number of benzene rings is 1. The summed E-state index contributed by atoms with van der Waals surface area (Å²) in [6.07, 6.45) is 1.80. The zero-order chi connectivity index (χ0) is 22.9. The molecule has 3 heterocycles. The molecule has 1 aliphatic heterocycles. The predicted molar refractivity (Wildman–Crippen MR) is 119 cm³/mol. The van der Waals surface area contributed by atoms with Gasteiger partial charge in [-0.2, -0.15) is 0 Å². The Bertz CT molecular complexity index is 1110. The summed E-state index contributed by atoms with van der Waals surface area (Å²) < 4.78 is 13.4. The van der Waals surface area contributed by atoms with Gasteiger partial charge in [-0.05, 0) is 31.7 Å². The Morgan fingerprint density at radius 1 is 1.18 bits per heavy atom. The van der Waals surface area contributed by atoms with Gasteiger partial charge in [0, 0.05) is 0 Å². The smallest absolute Gasteiger partial charge is 0.167 e. The van der Waals surface area contributed by atoms with Gasteiger partial charge in [0.25, 0.3) is 0 Å². The van der Waals surface area contributed by atoms with Crippen molar-refractivity contribution in [3.05, 3.63) is 48.0 Å². The average molecular weight is 456 g/mol. The summed E-state index contributed by atoms with van der Waals surface area (Å²) in [7, 11) is 0. The second kappa shape index (κ2) is 9.32. The number of aromatic nitrogens is 4. The number of aliphatic hydroxyl groups is 3. The molecule has 1 unspecified atom stereocenters. The molecule has 0 amide bonds. The molecule has 1 saturated carbocycles. The molecule has 6 atom stereocenters. The van der Waals surface area contributed by atoms with Crippen molar-refractivity contribution in [2.24, 2.45) is 0 Å². The summed E-state index contributed by atoms with van der Waals surface area (Å²) in [5.41, 5.74) is 3.38. The number of fused-ring (bicyclic) bond motifs is 1. The minimum Gasteiger partial charge on any atom is -0.394 e. The molecule has 5 rings (SSSR count). The minimum absolute atomic E-state index is 0.0538. The van der Waals surface area contributed by atoms with Crippen LogP contribution in [-0.4, -0.2) is 71.9 Å². The highest BCUT2D eigenvalue weighted by atomic mass is 16.6. The second-order valence-corrected chi connectivity index (χ2v) is 8.80. The Kier molecular flexibility index (Phi) is 6.26. The van der Waals surface area contributed by atoms with Crippen LogP contribution < -0.4 is 5.32 Å². The highest BCUT2D eigenvalue weighted by Crippen LogP contribution is 2.33. The van der Waals surface area contributed by atoms with E-state index in [0.717, 1.165) is 24.8 Å². The van der Waals surface area contributed by atoms with E-state index in [-0.39, 0.29) is 12.1 Å². The summed E-state index contributed by atoms with van der Waals surface area (Å²) in [6, 6.07) is 8.41. The number of ether oxygens (including phenoxy) is 2. The molecule has 2 aromatic heterocycles. The lowest BCUT2D eigenvalue weighted by Crippen LogP contribution is -2.33. The van der Waals surface area contributed by atoms with Crippen LogP contribution in [0, 0.1) is 6.92 Å². The van der Waals surface area contributed by atoms with Gasteiger partial charge in [-0.1, -0.05) is 29.8 Å². The highest BCUT2D eigenvalue weighted by molar-refractivity contribution is 5.82. The maximum Gasteiger partial charge on any atom is 0.167 e. The van der Waals surface area contributed by atoms with Gasteiger partial charge in [-0.15, -0.1) is 0 Å². The van der Waals surface area contributed by atoms with Gasteiger partial charge in [0.05, 0.1) is 31.7 Å². The first-order chi connectivity index (χ1) is 16.0. The quantitative estimate of drug-likeness (QED) is 0.416. The first-order valence-electron chi connectivity index (χ1n) is 11.3. The Morgan fingerprint density at radius 3 is 2.85 bits per heavy atom. The molecule has 1 aromatic carbocycles. The summed E-state index contributed by atoms with van der Waals surface area (Å²) in [5, 5.41) is 33.3. The lowest BCUT2D eigenvalue weighted by atomic mass is 10.1. The van der Waals surface area contributed by atoms with Crippen LogP contribution >= 0.6 is 0 Å². The van der Waals surface area contributed by atoms with Crippen LogP contribution in [0.3, 0.4) is 0 Å². The van der Waals surface area contributed by atoms with Crippen LogP contribution in [0.15, 0.2) is 36.9 Å². The molecule has 3 aromatic rings. The molecule has 176 valence electrons. The van der Waals surface area contributed by atoms with Gasteiger partial charge in [0.1, 0.15) is 24.6 Å². The predicted octanol–water partition coefficient (Wildman–Crippen LogP) is 1.30. The zero-order valence-electron chi connectivity index (χ0n) is 18.4. The van der Waals surface area contributed by atoms with Gasteiger partial charge in [-0.3, -0.25) is 4.57 Å². The molecule has 4 N–H and O–H groups in total. The lowest BCUT2D eigenvalue weighted by Gasteiger charge is -2.22. The van der Waals surface area contributed by atoms with Crippen molar-refractivity contribution >= 4 is 17.0 Å². The molecular weight excluding hydrogens is 426 g/mol. The number of aliphatic hydroxyl groups excluding tert-OH is 3.